The van der Waals surface area contributed by atoms with Crippen molar-refractivity contribution in [3.05, 3.63) is 57.1 Å². The van der Waals surface area contributed by atoms with Crippen molar-refractivity contribution in [1.29, 1.82) is 0 Å². The zero-order valence-corrected chi connectivity index (χ0v) is 13.8. The van der Waals surface area contributed by atoms with Crippen LogP contribution in [0.5, 0.6) is 0 Å². The molecule has 1 atom stereocenters. The molecule has 0 aliphatic heterocycles. The van der Waals surface area contributed by atoms with Crippen LogP contribution in [0, 0.1) is 9.49 Å². The van der Waals surface area contributed by atoms with Crippen molar-refractivity contribution in [2.45, 2.75) is 32.7 Å². The molecule has 2 rings (SSSR count). The molecule has 2 aromatic rings. The summed E-state index contributed by atoms with van der Waals surface area (Å²) < 4.78 is 7.16. The normalized spacial score (nSPS) is 14.6. The predicted molar refractivity (Wildman–Crippen MR) is 87.1 cm³/mol. The van der Waals surface area contributed by atoms with Gasteiger partial charge in [-0.2, -0.15) is 0 Å². The zero-order chi connectivity index (χ0) is 14.0. The Labute approximate surface area is 128 Å². The van der Waals surface area contributed by atoms with Gasteiger partial charge in [0.25, 0.3) is 0 Å². The summed E-state index contributed by atoms with van der Waals surface area (Å²) in [6.45, 7) is 7.13. The first-order valence-electron chi connectivity index (χ1n) is 6.53. The average Bonchev–Trinajstić information content (AvgIpc) is 2.87. The predicted octanol–water partition coefficient (Wildman–Crippen LogP) is 4.30. The van der Waals surface area contributed by atoms with Crippen LogP contribution in [0.1, 0.15) is 37.9 Å². The molecule has 0 radical (unpaired) electrons. The summed E-state index contributed by atoms with van der Waals surface area (Å²) in [5.74, 6) is 2.26. The second-order valence-electron chi connectivity index (χ2n) is 5.33. The first-order chi connectivity index (χ1) is 8.98. The lowest BCUT2D eigenvalue weighted by Crippen LogP contribution is -2.29. The second-order valence-corrected chi connectivity index (χ2v) is 6.58. The summed E-state index contributed by atoms with van der Waals surface area (Å²) >= 11 is 2.33. The Morgan fingerprint density at radius 1 is 1.16 bits per heavy atom. The van der Waals surface area contributed by atoms with E-state index < -0.39 is 0 Å². The van der Waals surface area contributed by atoms with E-state index >= 15 is 0 Å². The number of benzene rings is 1. The topological polar surface area (TPSA) is 39.2 Å². The number of rotatable bonds is 4. The van der Waals surface area contributed by atoms with Crippen LogP contribution in [0.4, 0.5) is 0 Å². The van der Waals surface area contributed by atoms with Gasteiger partial charge in [-0.1, -0.05) is 26.0 Å². The van der Waals surface area contributed by atoms with E-state index in [4.69, 9.17) is 10.2 Å². The first-order valence-corrected chi connectivity index (χ1v) is 7.61. The van der Waals surface area contributed by atoms with E-state index in [9.17, 15) is 0 Å². The monoisotopic (exact) mass is 369 g/mol. The van der Waals surface area contributed by atoms with Gasteiger partial charge in [0.15, 0.2) is 0 Å². The van der Waals surface area contributed by atoms with E-state index in [1.54, 1.807) is 0 Å². The Bertz CT molecular complexity index is 544. The number of nitrogens with two attached hydrogens (primary N) is 1. The van der Waals surface area contributed by atoms with Gasteiger partial charge in [0.1, 0.15) is 11.5 Å². The molecule has 3 heteroatoms. The molecule has 1 aromatic carbocycles. The fourth-order valence-corrected chi connectivity index (χ4v) is 2.68. The Hall–Kier alpha value is -0.810. The lowest BCUT2D eigenvalue weighted by Gasteiger charge is -2.32. The highest BCUT2D eigenvalue weighted by atomic mass is 127. The number of hydrogen-bond donors (Lipinski definition) is 1. The molecule has 0 bridgehead atoms. The SMILES string of the molecule is CC(C)[C@](C)(c1ccc(I)cc1)c1ccc(CN)o1. The molecule has 0 spiro atoms. The first kappa shape index (κ1) is 14.6. The van der Waals surface area contributed by atoms with E-state index in [0.29, 0.717) is 12.5 Å². The standard InChI is InChI=1S/C16H20INO/c1-11(2)16(3,12-4-6-13(17)7-5-12)15-9-8-14(10-18)19-15/h4-9,11H,10,18H2,1-3H3/t16-/m1/s1. The van der Waals surface area contributed by atoms with E-state index in [-0.39, 0.29) is 5.41 Å². The van der Waals surface area contributed by atoms with Crippen LogP contribution < -0.4 is 5.73 Å². The van der Waals surface area contributed by atoms with Crippen molar-refractivity contribution in [3.8, 4) is 0 Å². The summed E-state index contributed by atoms with van der Waals surface area (Å²) in [4.78, 5) is 0. The van der Waals surface area contributed by atoms with Crippen molar-refractivity contribution in [2.24, 2.45) is 11.7 Å². The third kappa shape index (κ3) is 2.72. The fourth-order valence-electron chi connectivity index (χ4n) is 2.32. The molecular weight excluding hydrogens is 349 g/mol. The molecule has 2 nitrogen and oxygen atoms in total. The second kappa shape index (κ2) is 5.67. The van der Waals surface area contributed by atoms with E-state index in [2.05, 4.69) is 73.7 Å². The Balaban J connectivity index is 2.51. The largest absolute Gasteiger partial charge is 0.464 e. The van der Waals surface area contributed by atoms with Gasteiger partial charge < -0.3 is 10.2 Å². The zero-order valence-electron chi connectivity index (χ0n) is 11.6. The summed E-state index contributed by atoms with van der Waals surface area (Å²) in [7, 11) is 0. The van der Waals surface area contributed by atoms with Crippen molar-refractivity contribution in [1.82, 2.24) is 0 Å². The maximum Gasteiger partial charge on any atom is 0.117 e. The van der Waals surface area contributed by atoms with Crippen LogP contribution >= 0.6 is 22.6 Å². The number of furan rings is 1. The van der Waals surface area contributed by atoms with Gasteiger partial charge in [-0.3, -0.25) is 0 Å². The van der Waals surface area contributed by atoms with Crippen LogP contribution in [0.15, 0.2) is 40.8 Å². The van der Waals surface area contributed by atoms with Crippen molar-refractivity contribution < 1.29 is 4.42 Å². The third-order valence-corrected chi connectivity index (χ3v) is 4.69. The average molecular weight is 369 g/mol. The molecule has 102 valence electrons. The summed E-state index contributed by atoms with van der Waals surface area (Å²) in [6, 6.07) is 12.7. The summed E-state index contributed by atoms with van der Waals surface area (Å²) in [5, 5.41) is 0. The maximum absolute atomic E-state index is 5.92. The molecule has 0 aliphatic rings. The number of hydrogen-bond acceptors (Lipinski definition) is 2. The molecule has 0 saturated carbocycles. The van der Waals surface area contributed by atoms with Crippen molar-refractivity contribution in [2.75, 3.05) is 0 Å². The van der Waals surface area contributed by atoms with Crippen LogP contribution in [0.2, 0.25) is 0 Å². The number of halogens is 1. The molecule has 0 amide bonds. The minimum atomic E-state index is -0.127. The van der Waals surface area contributed by atoms with E-state index in [1.807, 2.05) is 6.07 Å². The molecular formula is C16H20INO. The molecule has 0 unspecified atom stereocenters. The molecule has 0 aliphatic carbocycles. The van der Waals surface area contributed by atoms with Crippen LogP contribution in [0.25, 0.3) is 0 Å². The van der Waals surface area contributed by atoms with Gasteiger partial charge in [-0.25, -0.2) is 0 Å². The van der Waals surface area contributed by atoms with Crippen LogP contribution in [-0.2, 0) is 12.0 Å². The highest BCUT2D eigenvalue weighted by Gasteiger charge is 2.35. The highest BCUT2D eigenvalue weighted by molar-refractivity contribution is 14.1. The summed E-state index contributed by atoms with van der Waals surface area (Å²) in [6.07, 6.45) is 0. The molecule has 19 heavy (non-hydrogen) atoms. The van der Waals surface area contributed by atoms with Gasteiger partial charge in [0.2, 0.25) is 0 Å². The molecule has 0 fully saturated rings. The quantitative estimate of drug-likeness (QED) is 0.816. The van der Waals surface area contributed by atoms with Crippen LogP contribution in [-0.4, -0.2) is 0 Å². The van der Waals surface area contributed by atoms with Gasteiger partial charge in [-0.15, -0.1) is 0 Å². The van der Waals surface area contributed by atoms with Gasteiger partial charge in [-0.05, 0) is 65.3 Å². The Morgan fingerprint density at radius 3 is 2.26 bits per heavy atom. The van der Waals surface area contributed by atoms with E-state index in [0.717, 1.165) is 11.5 Å². The van der Waals surface area contributed by atoms with Gasteiger partial charge >= 0.3 is 0 Å². The summed E-state index contributed by atoms with van der Waals surface area (Å²) in [5.41, 5.74) is 6.80. The molecule has 1 aromatic heterocycles. The smallest absolute Gasteiger partial charge is 0.117 e. The third-order valence-electron chi connectivity index (χ3n) is 3.97. The lowest BCUT2D eigenvalue weighted by atomic mass is 9.71. The van der Waals surface area contributed by atoms with Crippen molar-refractivity contribution >= 4 is 22.6 Å². The lowest BCUT2D eigenvalue weighted by molar-refractivity contribution is 0.315. The Morgan fingerprint density at radius 2 is 1.79 bits per heavy atom. The molecule has 0 saturated heterocycles. The molecule has 2 N–H and O–H groups in total. The minimum absolute atomic E-state index is 0.127. The minimum Gasteiger partial charge on any atom is -0.464 e. The van der Waals surface area contributed by atoms with E-state index in [1.165, 1.54) is 9.13 Å². The highest BCUT2D eigenvalue weighted by Crippen LogP contribution is 2.39. The van der Waals surface area contributed by atoms with Gasteiger partial charge in [0.05, 0.1) is 12.0 Å². The Kier molecular flexibility index (Phi) is 4.36. The van der Waals surface area contributed by atoms with Gasteiger partial charge in [0, 0.05) is 3.57 Å². The van der Waals surface area contributed by atoms with Crippen molar-refractivity contribution in [3.63, 3.8) is 0 Å². The fraction of sp³-hybridized carbons (Fsp3) is 0.375. The molecule has 1 heterocycles. The van der Waals surface area contributed by atoms with Crippen LogP contribution in [0.3, 0.4) is 0 Å². The maximum atomic E-state index is 5.92.